The van der Waals surface area contributed by atoms with E-state index in [4.69, 9.17) is 4.42 Å². The van der Waals surface area contributed by atoms with E-state index in [1.165, 1.54) is 11.2 Å². The predicted molar refractivity (Wildman–Crippen MR) is 99.3 cm³/mol. The van der Waals surface area contributed by atoms with E-state index in [2.05, 4.69) is 5.32 Å². The van der Waals surface area contributed by atoms with E-state index in [-0.39, 0.29) is 17.9 Å². The van der Waals surface area contributed by atoms with Crippen molar-refractivity contribution >= 4 is 17.5 Å². The van der Waals surface area contributed by atoms with Gasteiger partial charge in [-0.05, 0) is 44.0 Å². The van der Waals surface area contributed by atoms with E-state index < -0.39 is 0 Å². The number of aryl methyl sites for hydroxylation is 2. The van der Waals surface area contributed by atoms with Crippen molar-refractivity contribution in [3.05, 3.63) is 53.5 Å². The van der Waals surface area contributed by atoms with Crippen LogP contribution in [0.4, 0.5) is 5.69 Å². The summed E-state index contributed by atoms with van der Waals surface area (Å²) in [6, 6.07) is 9.22. The van der Waals surface area contributed by atoms with Gasteiger partial charge in [0.2, 0.25) is 0 Å². The lowest BCUT2D eigenvalue weighted by Gasteiger charge is -2.34. The zero-order chi connectivity index (χ0) is 18.7. The molecule has 2 aromatic rings. The zero-order valence-corrected chi connectivity index (χ0v) is 15.5. The molecule has 2 amide bonds. The molecule has 1 fully saturated rings. The number of piperazine rings is 1. The summed E-state index contributed by atoms with van der Waals surface area (Å²) in [5, 5.41) is 3.08. The molecule has 26 heavy (non-hydrogen) atoms. The molecule has 2 heterocycles. The van der Waals surface area contributed by atoms with Gasteiger partial charge in [-0.2, -0.15) is 0 Å². The van der Waals surface area contributed by atoms with E-state index in [1.807, 2.05) is 39.0 Å². The minimum atomic E-state index is -0.171. The zero-order valence-electron chi connectivity index (χ0n) is 15.5. The average molecular weight is 356 g/mol. The Hall–Kier alpha value is -2.60. The third kappa shape index (κ3) is 3.80. The quantitative estimate of drug-likeness (QED) is 0.867. The smallest absolute Gasteiger partial charge is 0.289 e. The number of amides is 2. The summed E-state index contributed by atoms with van der Waals surface area (Å²) in [5.41, 5.74) is 3.03. The van der Waals surface area contributed by atoms with Gasteiger partial charge in [-0.25, -0.2) is 0 Å². The van der Waals surface area contributed by atoms with Crippen LogP contribution in [0.1, 0.15) is 28.6 Å². The van der Waals surface area contributed by atoms with Gasteiger partial charge in [-0.1, -0.05) is 18.2 Å². The fraction of sp³-hybridized carbons (Fsp3) is 0.400. The normalized spacial score (nSPS) is 16.3. The van der Waals surface area contributed by atoms with Crippen LogP contribution < -0.4 is 10.2 Å². The van der Waals surface area contributed by atoms with Crippen LogP contribution in [0.2, 0.25) is 0 Å². The molecule has 3 rings (SSSR count). The SMILES string of the molecule is Cc1cccc(C)c1NC(=O)[C@H](C)[NH+]1CCN(C(=O)c2ccco2)CC1. The molecule has 0 bridgehead atoms. The molecule has 6 nitrogen and oxygen atoms in total. The number of carbonyl (C=O) groups is 2. The molecule has 1 atom stereocenters. The Morgan fingerprint density at radius 1 is 1.12 bits per heavy atom. The number of furan rings is 1. The molecule has 2 N–H and O–H groups in total. The Labute approximate surface area is 153 Å². The molecule has 0 spiro atoms. The number of nitrogens with zero attached hydrogens (tertiary/aromatic N) is 1. The van der Waals surface area contributed by atoms with E-state index in [1.54, 1.807) is 17.0 Å². The lowest BCUT2D eigenvalue weighted by Crippen LogP contribution is -3.19. The number of para-hydroxylation sites is 1. The van der Waals surface area contributed by atoms with E-state index in [0.717, 1.165) is 29.9 Å². The molecule has 1 aliphatic heterocycles. The summed E-state index contributed by atoms with van der Waals surface area (Å²) in [7, 11) is 0. The first-order valence-corrected chi connectivity index (χ1v) is 9.02. The molecule has 1 aromatic carbocycles. The minimum absolute atomic E-state index is 0.0169. The van der Waals surface area contributed by atoms with Gasteiger partial charge >= 0.3 is 0 Å². The summed E-state index contributed by atoms with van der Waals surface area (Å²) in [4.78, 5) is 28.0. The number of rotatable bonds is 4. The second-order valence-electron chi connectivity index (χ2n) is 6.91. The van der Waals surface area contributed by atoms with Gasteiger partial charge in [0.15, 0.2) is 11.8 Å². The van der Waals surface area contributed by atoms with E-state index in [9.17, 15) is 9.59 Å². The number of benzene rings is 1. The lowest BCUT2D eigenvalue weighted by atomic mass is 10.1. The molecule has 6 heteroatoms. The van der Waals surface area contributed by atoms with Crippen molar-refractivity contribution in [3.8, 4) is 0 Å². The molecular formula is C20H26N3O3+. The summed E-state index contributed by atoms with van der Waals surface area (Å²) in [6.45, 7) is 8.67. The molecule has 138 valence electrons. The lowest BCUT2D eigenvalue weighted by molar-refractivity contribution is -0.917. The van der Waals surface area contributed by atoms with Crippen LogP contribution >= 0.6 is 0 Å². The summed E-state index contributed by atoms with van der Waals surface area (Å²) >= 11 is 0. The van der Waals surface area contributed by atoms with Gasteiger partial charge in [-0.3, -0.25) is 9.59 Å². The van der Waals surface area contributed by atoms with Crippen LogP contribution in [0.15, 0.2) is 41.0 Å². The van der Waals surface area contributed by atoms with Crippen molar-refractivity contribution < 1.29 is 18.9 Å². The fourth-order valence-electron chi connectivity index (χ4n) is 3.41. The van der Waals surface area contributed by atoms with Gasteiger partial charge in [0.05, 0.1) is 32.4 Å². The van der Waals surface area contributed by atoms with Crippen molar-refractivity contribution in [2.24, 2.45) is 0 Å². The third-order valence-electron chi connectivity index (χ3n) is 5.16. The predicted octanol–water partition coefficient (Wildman–Crippen LogP) is 1.26. The molecule has 1 saturated heterocycles. The number of carbonyl (C=O) groups excluding carboxylic acids is 2. The monoisotopic (exact) mass is 356 g/mol. The summed E-state index contributed by atoms with van der Waals surface area (Å²) in [6.07, 6.45) is 1.51. The van der Waals surface area contributed by atoms with Gasteiger partial charge in [0.25, 0.3) is 11.8 Å². The summed E-state index contributed by atoms with van der Waals surface area (Å²) in [5.74, 6) is 0.305. The highest BCUT2D eigenvalue weighted by Gasteiger charge is 2.32. The number of hydrogen-bond donors (Lipinski definition) is 2. The highest BCUT2D eigenvalue weighted by molar-refractivity contribution is 5.95. The Balaban J connectivity index is 1.57. The largest absolute Gasteiger partial charge is 0.459 e. The number of nitrogens with one attached hydrogen (secondary N) is 2. The average Bonchev–Trinajstić information content (AvgIpc) is 3.18. The topological polar surface area (TPSA) is 67.0 Å². The van der Waals surface area contributed by atoms with Crippen LogP contribution in [-0.4, -0.2) is 48.9 Å². The fourth-order valence-corrected chi connectivity index (χ4v) is 3.41. The Morgan fingerprint density at radius 3 is 2.35 bits per heavy atom. The van der Waals surface area contributed by atoms with Gasteiger partial charge in [-0.15, -0.1) is 0 Å². The molecule has 0 aliphatic carbocycles. The number of quaternary nitrogens is 1. The maximum absolute atomic E-state index is 12.7. The highest BCUT2D eigenvalue weighted by Crippen LogP contribution is 2.19. The first-order valence-electron chi connectivity index (χ1n) is 9.02. The standard InChI is InChI=1S/C20H25N3O3/c1-14-6-4-7-15(2)18(14)21-19(24)16(3)22-9-11-23(12-10-22)20(25)17-8-5-13-26-17/h4-8,13,16H,9-12H2,1-3H3,(H,21,24)/p+1/t16-/m0/s1. The van der Waals surface area contributed by atoms with Crippen LogP contribution in [0.5, 0.6) is 0 Å². The molecule has 0 unspecified atom stereocenters. The Kier molecular flexibility index (Phi) is 5.42. The maximum atomic E-state index is 12.7. The van der Waals surface area contributed by atoms with Crippen molar-refractivity contribution in [3.63, 3.8) is 0 Å². The van der Waals surface area contributed by atoms with Gasteiger partial charge in [0.1, 0.15) is 0 Å². The van der Waals surface area contributed by atoms with Crippen LogP contribution in [0.3, 0.4) is 0 Å². The molecule has 0 radical (unpaired) electrons. The number of hydrogen-bond acceptors (Lipinski definition) is 3. The highest BCUT2D eigenvalue weighted by atomic mass is 16.3. The summed E-state index contributed by atoms with van der Waals surface area (Å²) < 4.78 is 5.19. The molecular weight excluding hydrogens is 330 g/mol. The maximum Gasteiger partial charge on any atom is 0.289 e. The molecule has 1 aliphatic rings. The van der Waals surface area contributed by atoms with Gasteiger partial charge < -0.3 is 19.5 Å². The van der Waals surface area contributed by atoms with Crippen molar-refractivity contribution in [1.82, 2.24) is 4.90 Å². The molecule has 0 saturated carbocycles. The van der Waals surface area contributed by atoms with Crippen molar-refractivity contribution in [2.75, 3.05) is 31.5 Å². The second kappa shape index (κ2) is 7.74. The Bertz CT molecular complexity index is 757. The van der Waals surface area contributed by atoms with Crippen LogP contribution in [0.25, 0.3) is 0 Å². The second-order valence-corrected chi connectivity index (χ2v) is 6.91. The minimum Gasteiger partial charge on any atom is -0.459 e. The number of anilines is 1. The van der Waals surface area contributed by atoms with Crippen molar-refractivity contribution in [2.45, 2.75) is 26.8 Å². The Morgan fingerprint density at radius 2 is 1.77 bits per heavy atom. The third-order valence-corrected chi connectivity index (χ3v) is 5.16. The first-order chi connectivity index (χ1) is 12.5. The van der Waals surface area contributed by atoms with Gasteiger partial charge in [0, 0.05) is 5.69 Å². The first kappa shape index (κ1) is 18.2. The van der Waals surface area contributed by atoms with Crippen LogP contribution in [-0.2, 0) is 4.79 Å². The molecule has 1 aromatic heterocycles. The van der Waals surface area contributed by atoms with E-state index >= 15 is 0 Å². The van der Waals surface area contributed by atoms with Crippen molar-refractivity contribution in [1.29, 1.82) is 0 Å². The van der Waals surface area contributed by atoms with E-state index in [0.29, 0.717) is 18.8 Å². The van der Waals surface area contributed by atoms with Crippen LogP contribution in [0, 0.1) is 13.8 Å².